The fourth-order valence-corrected chi connectivity index (χ4v) is 4.07. The molecule has 0 fully saturated rings. The van der Waals surface area contributed by atoms with Gasteiger partial charge in [0.05, 0.1) is 0 Å². The molecule has 4 nitrogen and oxygen atoms in total. The molecule has 1 aromatic rings. The Hall–Kier alpha value is -0.430. The number of sulfonamides is 1. The molecule has 98 valence electrons. The molecule has 0 unspecified atom stereocenters. The normalized spacial score (nSPS) is 12.2. The van der Waals surface area contributed by atoms with Crippen molar-refractivity contribution in [2.45, 2.75) is 30.5 Å². The third kappa shape index (κ3) is 3.77. The van der Waals surface area contributed by atoms with Crippen molar-refractivity contribution in [1.29, 1.82) is 0 Å². The van der Waals surface area contributed by atoms with Gasteiger partial charge < -0.3 is 5.32 Å². The molecule has 1 aromatic heterocycles. The predicted molar refractivity (Wildman–Crippen MR) is 71.8 cm³/mol. The Bertz CT molecular complexity index is 440. The lowest BCUT2D eigenvalue weighted by Crippen LogP contribution is -2.27. The molecule has 6 heteroatoms. The Morgan fingerprint density at radius 2 is 2.18 bits per heavy atom. The van der Waals surface area contributed by atoms with Crippen LogP contribution in [0.4, 0.5) is 0 Å². The van der Waals surface area contributed by atoms with Crippen LogP contribution in [0.25, 0.3) is 0 Å². The largest absolute Gasteiger partial charge is 0.316 e. The minimum absolute atomic E-state index is 0.432. The van der Waals surface area contributed by atoms with Crippen molar-refractivity contribution in [1.82, 2.24) is 9.62 Å². The third-order valence-corrected chi connectivity index (χ3v) is 5.82. The Kier molecular flexibility index (Phi) is 5.58. The van der Waals surface area contributed by atoms with Gasteiger partial charge in [-0.25, -0.2) is 12.7 Å². The molecule has 17 heavy (non-hydrogen) atoms. The number of rotatable bonds is 7. The molecule has 0 spiro atoms. The second-order valence-electron chi connectivity index (χ2n) is 3.98. The molecule has 1 N–H and O–H groups in total. The summed E-state index contributed by atoms with van der Waals surface area (Å²) in [4.78, 5) is 0. The summed E-state index contributed by atoms with van der Waals surface area (Å²) in [6.07, 6.45) is 1.89. The molecule has 0 saturated carbocycles. The molecule has 0 amide bonds. The smallest absolute Gasteiger partial charge is 0.252 e. The minimum Gasteiger partial charge on any atom is -0.316 e. The molecule has 1 heterocycles. The number of unbranched alkanes of at least 4 members (excludes halogenated alkanes) is 1. The van der Waals surface area contributed by atoms with Gasteiger partial charge in [-0.2, -0.15) is 0 Å². The van der Waals surface area contributed by atoms with Gasteiger partial charge in [0.1, 0.15) is 4.21 Å². The Morgan fingerprint density at radius 3 is 2.76 bits per heavy atom. The standard InChI is InChI=1S/C11H20N2O2S2/c1-4-5-6-13(3)17(14,15)11-7-10(8-12-2)9-16-11/h7,9,12H,4-6,8H2,1-3H3. The summed E-state index contributed by atoms with van der Waals surface area (Å²) >= 11 is 1.29. The summed E-state index contributed by atoms with van der Waals surface area (Å²) in [7, 11) is 0.203. The minimum atomic E-state index is -3.28. The molecule has 0 radical (unpaired) electrons. The van der Waals surface area contributed by atoms with Crippen LogP contribution < -0.4 is 5.32 Å². The maximum atomic E-state index is 12.2. The zero-order chi connectivity index (χ0) is 12.9. The van der Waals surface area contributed by atoms with Gasteiger partial charge in [-0.1, -0.05) is 13.3 Å². The van der Waals surface area contributed by atoms with Crippen molar-refractivity contribution >= 4 is 21.4 Å². The van der Waals surface area contributed by atoms with Crippen molar-refractivity contribution < 1.29 is 8.42 Å². The average molecular weight is 276 g/mol. The fraction of sp³-hybridized carbons (Fsp3) is 0.636. The lowest BCUT2D eigenvalue weighted by molar-refractivity contribution is 0.461. The molecule has 0 bridgehead atoms. The van der Waals surface area contributed by atoms with Crippen molar-refractivity contribution in [2.24, 2.45) is 0 Å². The van der Waals surface area contributed by atoms with E-state index in [0.29, 0.717) is 17.3 Å². The molecular formula is C11H20N2O2S2. The van der Waals surface area contributed by atoms with Crippen LogP contribution >= 0.6 is 11.3 Å². The predicted octanol–water partition coefficient (Wildman–Crippen LogP) is 1.89. The van der Waals surface area contributed by atoms with E-state index in [1.807, 2.05) is 12.4 Å². The maximum absolute atomic E-state index is 12.2. The molecule has 0 aliphatic heterocycles. The second-order valence-corrected chi connectivity index (χ2v) is 7.17. The Morgan fingerprint density at radius 1 is 1.47 bits per heavy atom. The van der Waals surface area contributed by atoms with Crippen LogP contribution in [0.3, 0.4) is 0 Å². The summed E-state index contributed by atoms with van der Waals surface area (Å²) in [5, 5.41) is 4.90. The monoisotopic (exact) mass is 276 g/mol. The molecule has 0 aliphatic rings. The highest BCUT2D eigenvalue weighted by Crippen LogP contribution is 2.23. The van der Waals surface area contributed by atoms with Gasteiger partial charge >= 0.3 is 0 Å². The van der Waals surface area contributed by atoms with Crippen molar-refractivity contribution in [3.63, 3.8) is 0 Å². The van der Waals surface area contributed by atoms with E-state index in [4.69, 9.17) is 0 Å². The molecule has 1 rings (SSSR count). The Labute approximate surface area is 108 Å². The van der Waals surface area contributed by atoms with E-state index in [-0.39, 0.29) is 0 Å². The molecule has 0 saturated heterocycles. The molecule has 0 aliphatic carbocycles. The van der Waals surface area contributed by atoms with Gasteiger partial charge in [-0.05, 0) is 30.5 Å². The molecular weight excluding hydrogens is 256 g/mol. The van der Waals surface area contributed by atoms with Gasteiger partial charge in [0, 0.05) is 20.1 Å². The van der Waals surface area contributed by atoms with E-state index in [2.05, 4.69) is 12.2 Å². The van der Waals surface area contributed by atoms with Crippen LogP contribution in [-0.2, 0) is 16.6 Å². The van der Waals surface area contributed by atoms with E-state index in [9.17, 15) is 8.42 Å². The van der Waals surface area contributed by atoms with Crippen LogP contribution in [0, 0.1) is 0 Å². The van der Waals surface area contributed by atoms with E-state index in [1.165, 1.54) is 15.6 Å². The number of hydrogen-bond acceptors (Lipinski definition) is 4. The zero-order valence-electron chi connectivity index (χ0n) is 10.6. The first-order valence-corrected chi connectivity index (χ1v) is 8.02. The van der Waals surface area contributed by atoms with Crippen LogP contribution in [0.2, 0.25) is 0 Å². The zero-order valence-corrected chi connectivity index (χ0v) is 12.2. The third-order valence-electron chi connectivity index (χ3n) is 2.50. The summed E-state index contributed by atoms with van der Waals surface area (Å²) in [5.74, 6) is 0. The summed E-state index contributed by atoms with van der Waals surface area (Å²) in [6, 6.07) is 1.75. The lowest BCUT2D eigenvalue weighted by Gasteiger charge is -2.15. The average Bonchev–Trinajstić information content (AvgIpc) is 2.75. The van der Waals surface area contributed by atoms with Gasteiger partial charge in [0.25, 0.3) is 10.0 Å². The highest BCUT2D eigenvalue weighted by molar-refractivity contribution is 7.91. The van der Waals surface area contributed by atoms with Crippen molar-refractivity contribution in [3.05, 3.63) is 17.0 Å². The molecule has 0 aromatic carbocycles. The maximum Gasteiger partial charge on any atom is 0.252 e. The van der Waals surface area contributed by atoms with E-state index in [1.54, 1.807) is 13.1 Å². The van der Waals surface area contributed by atoms with Gasteiger partial charge in [0.15, 0.2) is 0 Å². The van der Waals surface area contributed by atoms with Crippen LogP contribution in [-0.4, -0.2) is 33.4 Å². The summed E-state index contributed by atoms with van der Waals surface area (Å²) in [6.45, 7) is 3.33. The van der Waals surface area contributed by atoms with Crippen molar-refractivity contribution in [3.8, 4) is 0 Å². The lowest BCUT2D eigenvalue weighted by atomic mass is 10.3. The number of thiophene rings is 1. The first-order valence-electron chi connectivity index (χ1n) is 5.70. The van der Waals surface area contributed by atoms with Crippen molar-refractivity contribution in [2.75, 3.05) is 20.6 Å². The van der Waals surface area contributed by atoms with E-state index in [0.717, 1.165) is 18.4 Å². The summed E-state index contributed by atoms with van der Waals surface area (Å²) < 4.78 is 26.2. The SMILES string of the molecule is CCCCN(C)S(=O)(=O)c1cc(CNC)cs1. The number of hydrogen-bond donors (Lipinski definition) is 1. The van der Waals surface area contributed by atoms with Crippen LogP contribution in [0.1, 0.15) is 25.3 Å². The highest BCUT2D eigenvalue weighted by atomic mass is 32.2. The number of nitrogens with zero attached hydrogens (tertiary/aromatic N) is 1. The topological polar surface area (TPSA) is 49.4 Å². The first-order chi connectivity index (χ1) is 8.02. The number of nitrogens with one attached hydrogen (secondary N) is 1. The molecule has 0 atom stereocenters. The van der Waals surface area contributed by atoms with Crippen LogP contribution in [0.15, 0.2) is 15.7 Å². The van der Waals surface area contributed by atoms with E-state index >= 15 is 0 Å². The summed E-state index contributed by atoms with van der Waals surface area (Å²) in [5.41, 5.74) is 1.01. The second kappa shape index (κ2) is 6.49. The van der Waals surface area contributed by atoms with Crippen LogP contribution in [0.5, 0.6) is 0 Å². The van der Waals surface area contributed by atoms with Gasteiger partial charge in [-0.15, -0.1) is 11.3 Å². The van der Waals surface area contributed by atoms with Gasteiger partial charge in [0.2, 0.25) is 0 Å². The van der Waals surface area contributed by atoms with Gasteiger partial charge in [-0.3, -0.25) is 0 Å². The highest BCUT2D eigenvalue weighted by Gasteiger charge is 2.21. The van der Waals surface area contributed by atoms with E-state index < -0.39 is 10.0 Å². The fourth-order valence-electron chi connectivity index (χ4n) is 1.44. The Balaban J connectivity index is 2.81. The quantitative estimate of drug-likeness (QED) is 0.827. The first kappa shape index (κ1) is 14.6.